The molecule has 0 spiro atoms. The molecule has 7 rings (SSSR count). The van der Waals surface area contributed by atoms with Crippen molar-refractivity contribution in [2.24, 2.45) is 7.05 Å². The summed E-state index contributed by atoms with van der Waals surface area (Å²) < 4.78 is 64.5. The van der Waals surface area contributed by atoms with Crippen LogP contribution in [0.4, 0.5) is 17.6 Å². The summed E-state index contributed by atoms with van der Waals surface area (Å²) >= 11 is 0. The van der Waals surface area contributed by atoms with Crippen LogP contribution in [0.3, 0.4) is 0 Å². The zero-order chi connectivity index (χ0) is 35.1. The normalized spacial score (nSPS) is 20.6. The predicted molar refractivity (Wildman–Crippen MR) is 185 cm³/mol. The lowest BCUT2D eigenvalue weighted by atomic mass is 9.55. The average molecular weight is 671 g/mol. The van der Waals surface area contributed by atoms with Crippen molar-refractivity contribution in [1.82, 2.24) is 9.78 Å². The molecule has 8 heteroatoms. The van der Waals surface area contributed by atoms with Gasteiger partial charge in [-0.25, -0.2) is 4.39 Å². The van der Waals surface area contributed by atoms with Crippen LogP contribution in [-0.4, -0.2) is 9.78 Å². The summed E-state index contributed by atoms with van der Waals surface area (Å²) in [5.74, 6) is -0.202. The molecule has 0 radical (unpaired) electrons. The molecule has 4 heterocycles. The van der Waals surface area contributed by atoms with Gasteiger partial charge in [0.05, 0.1) is 16.4 Å². The molecule has 5 aromatic rings. The molecule has 2 atom stereocenters. The first-order chi connectivity index (χ1) is 23.2. The van der Waals surface area contributed by atoms with E-state index in [1.807, 2.05) is 42.1 Å². The van der Waals surface area contributed by atoms with Crippen molar-refractivity contribution < 1.29 is 26.7 Å². The number of rotatable bonds is 9. The molecule has 0 N–H and O–H groups in total. The van der Waals surface area contributed by atoms with Gasteiger partial charge in [-0.15, -0.1) is 0 Å². The van der Waals surface area contributed by atoms with Crippen molar-refractivity contribution in [1.29, 1.82) is 0 Å². The van der Waals surface area contributed by atoms with E-state index < -0.39 is 28.2 Å². The number of benzene rings is 2. The van der Waals surface area contributed by atoms with E-state index >= 15 is 4.39 Å². The molecule has 0 fully saturated rings. The molecule has 0 saturated heterocycles. The first-order valence-electron chi connectivity index (χ1n) is 17.7. The molecule has 2 unspecified atom stereocenters. The van der Waals surface area contributed by atoms with Gasteiger partial charge >= 0.3 is 6.18 Å². The van der Waals surface area contributed by atoms with E-state index in [0.717, 1.165) is 66.1 Å². The Morgan fingerprint density at radius 2 is 1.65 bits per heavy atom. The zero-order valence-electron chi connectivity index (χ0n) is 29.6. The highest BCUT2D eigenvalue weighted by atomic mass is 19.4. The molecular formula is C41H46F4N4+2. The van der Waals surface area contributed by atoms with Crippen LogP contribution < -0.4 is 9.13 Å². The molecule has 0 amide bonds. The van der Waals surface area contributed by atoms with Crippen molar-refractivity contribution >= 4 is 10.8 Å². The minimum atomic E-state index is -4.58. The zero-order valence-corrected chi connectivity index (χ0v) is 29.6. The standard InChI is InChI=1S/C41H46F4N4/c1-8-11-14-26-16-17-28-34-27(26)20-23-48-37(34)35-29(18-19-30(42)36(35)38(28,4)5)39(6,9-2)40(48,10-3)21-24-49-32(25-33(46-49)41(43,44)45)31-15-12-13-22-47(31)7/h12-13,15-20,22-23,25H,8-11,14,21,24H2,1-7H3/q+2. The SMILES string of the molecule is CCCCc1ccc2c3c4[n+](ccc13)C(CC)(CCn1nc(C(F)(F)F)cc1-c1cccc[n+]1C)C(C)(CC)c1ccc(F)c(c1-4)C2(C)C. The fraction of sp³-hybridized carbons (Fsp3) is 0.439. The van der Waals surface area contributed by atoms with E-state index in [2.05, 4.69) is 75.6 Å². The highest BCUT2D eigenvalue weighted by Crippen LogP contribution is 2.58. The Bertz CT molecular complexity index is 2110. The molecular weight excluding hydrogens is 624 g/mol. The van der Waals surface area contributed by atoms with Crippen LogP contribution in [0.5, 0.6) is 0 Å². The number of aromatic nitrogens is 4. The molecule has 2 aromatic carbocycles. The molecule has 2 aliphatic rings. The quantitative estimate of drug-likeness (QED) is 0.113. The number of hydrogen-bond acceptors (Lipinski definition) is 1. The van der Waals surface area contributed by atoms with Crippen molar-refractivity contribution in [2.75, 3.05) is 0 Å². The second-order valence-corrected chi connectivity index (χ2v) is 14.8. The van der Waals surface area contributed by atoms with E-state index in [4.69, 9.17) is 0 Å². The van der Waals surface area contributed by atoms with Gasteiger partial charge in [0, 0.05) is 54.6 Å². The minimum absolute atomic E-state index is 0.202. The van der Waals surface area contributed by atoms with Gasteiger partial charge < -0.3 is 0 Å². The van der Waals surface area contributed by atoms with Crippen molar-refractivity contribution in [3.8, 4) is 22.6 Å². The number of halogens is 4. The average Bonchev–Trinajstić information content (AvgIpc) is 3.51. The molecule has 1 aliphatic heterocycles. The summed E-state index contributed by atoms with van der Waals surface area (Å²) in [7, 11) is 1.83. The van der Waals surface area contributed by atoms with Crippen molar-refractivity contribution in [3.63, 3.8) is 0 Å². The Morgan fingerprint density at radius 1 is 0.898 bits per heavy atom. The van der Waals surface area contributed by atoms with E-state index in [1.54, 1.807) is 10.7 Å². The highest BCUT2D eigenvalue weighted by Gasteiger charge is 2.61. The van der Waals surface area contributed by atoms with E-state index in [9.17, 15) is 13.2 Å². The number of alkyl halides is 3. The van der Waals surface area contributed by atoms with Crippen LogP contribution >= 0.6 is 0 Å². The Kier molecular flexibility index (Phi) is 7.84. The Balaban J connectivity index is 1.50. The molecule has 4 nitrogen and oxygen atoms in total. The highest BCUT2D eigenvalue weighted by molar-refractivity contribution is 6.02. The van der Waals surface area contributed by atoms with Crippen LogP contribution in [0, 0.1) is 5.82 Å². The topological polar surface area (TPSA) is 25.6 Å². The van der Waals surface area contributed by atoms with Crippen LogP contribution in [0.25, 0.3) is 33.4 Å². The molecule has 3 aromatic heterocycles. The maximum Gasteiger partial charge on any atom is 0.435 e. The summed E-state index contributed by atoms with van der Waals surface area (Å²) in [6.07, 6.45) is 4.60. The summed E-state index contributed by atoms with van der Waals surface area (Å²) in [5.41, 5.74) is 4.88. The lowest BCUT2D eigenvalue weighted by Gasteiger charge is -2.50. The van der Waals surface area contributed by atoms with Gasteiger partial charge in [0.2, 0.25) is 11.4 Å². The van der Waals surface area contributed by atoms with Crippen LogP contribution in [0.1, 0.15) is 102 Å². The lowest BCUT2D eigenvalue weighted by molar-refractivity contribution is -0.769. The number of nitrogens with zero attached hydrogens (tertiary/aromatic N) is 4. The lowest BCUT2D eigenvalue weighted by Crippen LogP contribution is -2.70. The van der Waals surface area contributed by atoms with Crippen LogP contribution in [-0.2, 0) is 42.6 Å². The van der Waals surface area contributed by atoms with Crippen molar-refractivity contribution in [2.45, 2.75) is 109 Å². The Morgan fingerprint density at radius 3 is 2.33 bits per heavy atom. The number of pyridine rings is 2. The molecule has 256 valence electrons. The van der Waals surface area contributed by atoms with Gasteiger partial charge in [-0.2, -0.15) is 27.4 Å². The van der Waals surface area contributed by atoms with E-state index in [1.165, 1.54) is 16.3 Å². The minimum Gasteiger partial charge on any atom is -0.258 e. The largest absolute Gasteiger partial charge is 0.435 e. The summed E-state index contributed by atoms with van der Waals surface area (Å²) in [6.45, 7) is 13.4. The monoisotopic (exact) mass is 670 g/mol. The fourth-order valence-electron chi connectivity index (χ4n) is 9.37. The van der Waals surface area contributed by atoms with E-state index in [-0.39, 0.29) is 12.4 Å². The number of hydrogen-bond donors (Lipinski definition) is 0. The Hall–Kier alpha value is -4.07. The number of aryl methyl sites for hydroxylation is 3. The van der Waals surface area contributed by atoms with Gasteiger partial charge in [-0.3, -0.25) is 4.68 Å². The van der Waals surface area contributed by atoms with Gasteiger partial charge in [0.1, 0.15) is 18.6 Å². The predicted octanol–water partition coefficient (Wildman–Crippen LogP) is 9.50. The summed E-state index contributed by atoms with van der Waals surface area (Å²) in [6, 6.07) is 17.0. The third kappa shape index (κ3) is 4.65. The summed E-state index contributed by atoms with van der Waals surface area (Å²) in [4.78, 5) is 0. The maximum atomic E-state index is 16.2. The Labute approximate surface area is 286 Å². The molecule has 0 saturated carbocycles. The van der Waals surface area contributed by atoms with E-state index in [0.29, 0.717) is 17.8 Å². The third-order valence-electron chi connectivity index (χ3n) is 12.2. The van der Waals surface area contributed by atoms with Gasteiger partial charge in [-0.05, 0) is 60.4 Å². The number of unbranched alkanes of at least 4 members (excludes halogenated alkanes) is 1. The van der Waals surface area contributed by atoms with Crippen LogP contribution in [0.2, 0.25) is 0 Å². The van der Waals surface area contributed by atoms with Crippen molar-refractivity contribution in [3.05, 3.63) is 101 Å². The van der Waals surface area contributed by atoms with Gasteiger partial charge in [0.15, 0.2) is 23.6 Å². The maximum absolute atomic E-state index is 16.2. The third-order valence-corrected chi connectivity index (χ3v) is 12.2. The first-order valence-corrected chi connectivity index (χ1v) is 17.7. The second-order valence-electron chi connectivity index (χ2n) is 14.8. The summed E-state index contributed by atoms with van der Waals surface area (Å²) in [5, 5.41) is 6.56. The molecule has 0 bridgehead atoms. The first kappa shape index (κ1) is 33.4. The smallest absolute Gasteiger partial charge is 0.258 e. The van der Waals surface area contributed by atoms with Gasteiger partial charge in [0.25, 0.3) is 0 Å². The fourth-order valence-corrected chi connectivity index (χ4v) is 9.37. The molecule has 1 aliphatic carbocycles. The second kappa shape index (κ2) is 11.5. The van der Waals surface area contributed by atoms with Crippen LogP contribution in [0.15, 0.2) is 67.0 Å². The molecule has 49 heavy (non-hydrogen) atoms. The van der Waals surface area contributed by atoms with Gasteiger partial charge in [-0.1, -0.05) is 59.2 Å².